The second-order valence-corrected chi connectivity index (χ2v) is 6.31. The third kappa shape index (κ3) is 4.48. The number of rotatable bonds is 6. The molecule has 3 aromatic carbocycles. The van der Waals surface area contributed by atoms with Gasteiger partial charge in [-0.2, -0.15) is 0 Å². The molecule has 0 radical (unpaired) electrons. The molecule has 0 atom stereocenters. The summed E-state index contributed by atoms with van der Waals surface area (Å²) in [6.45, 7) is 0.824. The van der Waals surface area contributed by atoms with Crippen LogP contribution >= 0.6 is 0 Å². The number of hydrogen-bond donors (Lipinski definition) is 3. The number of nitrogens with zero attached hydrogens (tertiary/aromatic N) is 1. The zero-order chi connectivity index (χ0) is 19.2. The van der Waals surface area contributed by atoms with Crippen molar-refractivity contribution in [3.63, 3.8) is 0 Å². The van der Waals surface area contributed by atoms with Crippen LogP contribution in [0.2, 0.25) is 0 Å². The first-order valence-corrected chi connectivity index (χ1v) is 9.01. The van der Waals surface area contributed by atoms with Gasteiger partial charge in [-0.1, -0.05) is 42.5 Å². The lowest BCUT2D eigenvalue weighted by atomic mass is 10.2. The minimum absolute atomic E-state index is 0.293. The molecule has 140 valence electrons. The van der Waals surface area contributed by atoms with Crippen molar-refractivity contribution in [2.75, 3.05) is 5.32 Å². The van der Waals surface area contributed by atoms with Crippen LogP contribution in [0.3, 0.4) is 0 Å². The Morgan fingerprint density at radius 3 is 2.46 bits per heavy atom. The molecule has 0 aliphatic carbocycles. The Morgan fingerprint density at radius 1 is 0.929 bits per heavy atom. The van der Waals surface area contributed by atoms with E-state index in [1.165, 1.54) is 0 Å². The van der Waals surface area contributed by atoms with Crippen molar-refractivity contribution in [3.8, 4) is 5.75 Å². The normalized spacial score (nSPS) is 10.6. The third-order valence-corrected chi connectivity index (χ3v) is 4.22. The van der Waals surface area contributed by atoms with Crippen LogP contribution in [-0.4, -0.2) is 16.0 Å². The van der Waals surface area contributed by atoms with Gasteiger partial charge in [-0.05, 0) is 42.0 Å². The molecule has 28 heavy (non-hydrogen) atoms. The Bertz CT molecular complexity index is 1030. The number of ether oxygens (including phenoxy) is 1. The smallest absolute Gasteiger partial charge is 0.319 e. The van der Waals surface area contributed by atoms with Crippen molar-refractivity contribution in [1.82, 2.24) is 15.3 Å². The van der Waals surface area contributed by atoms with Crippen LogP contribution in [0, 0.1) is 0 Å². The quantitative estimate of drug-likeness (QED) is 0.467. The average Bonchev–Trinajstić information content (AvgIpc) is 3.16. The molecule has 2 amide bonds. The lowest BCUT2D eigenvalue weighted by molar-refractivity contribution is 0.251. The fourth-order valence-electron chi connectivity index (χ4n) is 2.80. The highest BCUT2D eigenvalue weighted by Gasteiger charge is 2.05. The van der Waals surface area contributed by atoms with Gasteiger partial charge in [-0.3, -0.25) is 0 Å². The van der Waals surface area contributed by atoms with E-state index >= 15 is 0 Å². The summed E-state index contributed by atoms with van der Waals surface area (Å²) in [5, 5.41) is 5.59. The zero-order valence-corrected chi connectivity index (χ0v) is 15.2. The summed E-state index contributed by atoms with van der Waals surface area (Å²) in [7, 11) is 0. The number of H-pyrrole nitrogens is 1. The van der Waals surface area contributed by atoms with Gasteiger partial charge in [0.05, 0.1) is 17.6 Å². The Hall–Kier alpha value is -3.80. The predicted molar refractivity (Wildman–Crippen MR) is 109 cm³/mol. The van der Waals surface area contributed by atoms with E-state index in [0.29, 0.717) is 24.7 Å². The van der Waals surface area contributed by atoms with Gasteiger partial charge in [0, 0.05) is 5.69 Å². The number of urea groups is 1. The molecule has 1 aromatic heterocycles. The van der Waals surface area contributed by atoms with Gasteiger partial charge in [0.25, 0.3) is 0 Å². The number of amides is 2. The lowest BCUT2D eigenvalue weighted by Crippen LogP contribution is -2.28. The van der Waals surface area contributed by atoms with E-state index in [4.69, 9.17) is 4.74 Å². The molecule has 6 heteroatoms. The van der Waals surface area contributed by atoms with E-state index in [1.54, 1.807) is 12.1 Å². The Kier molecular flexibility index (Phi) is 5.20. The summed E-state index contributed by atoms with van der Waals surface area (Å²) in [5.41, 5.74) is 3.63. The van der Waals surface area contributed by atoms with Gasteiger partial charge in [-0.15, -0.1) is 0 Å². The standard InChI is InChI=1S/C22H20N4O2/c27-22(23-14-21-25-19-8-4-5-9-20(19)26-21)24-17-10-12-18(13-11-17)28-15-16-6-2-1-3-7-16/h1-13H,14-15H2,(H,25,26)(H2,23,24,27). The highest BCUT2D eigenvalue weighted by molar-refractivity contribution is 5.89. The second kappa shape index (κ2) is 8.26. The topological polar surface area (TPSA) is 79.0 Å². The summed E-state index contributed by atoms with van der Waals surface area (Å²) in [5.74, 6) is 1.46. The molecular weight excluding hydrogens is 352 g/mol. The molecule has 0 bridgehead atoms. The molecule has 6 nitrogen and oxygen atoms in total. The fraction of sp³-hybridized carbons (Fsp3) is 0.0909. The van der Waals surface area contributed by atoms with Gasteiger partial charge >= 0.3 is 6.03 Å². The molecule has 3 N–H and O–H groups in total. The number of fused-ring (bicyclic) bond motifs is 1. The molecule has 0 spiro atoms. The molecular formula is C22H20N4O2. The molecule has 0 saturated carbocycles. The average molecular weight is 372 g/mol. The van der Waals surface area contributed by atoms with Crippen LogP contribution in [0.25, 0.3) is 11.0 Å². The minimum atomic E-state index is -0.293. The number of benzene rings is 3. The van der Waals surface area contributed by atoms with E-state index in [1.807, 2.05) is 66.7 Å². The van der Waals surface area contributed by atoms with Crippen molar-refractivity contribution >= 4 is 22.8 Å². The number of para-hydroxylation sites is 2. The summed E-state index contributed by atoms with van der Waals surface area (Å²) < 4.78 is 5.75. The molecule has 0 aliphatic rings. The van der Waals surface area contributed by atoms with E-state index < -0.39 is 0 Å². The number of aromatic amines is 1. The van der Waals surface area contributed by atoms with Gasteiger partial charge in [-0.25, -0.2) is 9.78 Å². The van der Waals surface area contributed by atoms with Crippen molar-refractivity contribution in [1.29, 1.82) is 0 Å². The Labute approximate surface area is 162 Å². The SMILES string of the molecule is O=C(NCc1nc2ccccc2[nH]1)Nc1ccc(OCc2ccccc2)cc1. The number of nitrogens with one attached hydrogen (secondary N) is 3. The summed E-state index contributed by atoms with van der Waals surface area (Å²) >= 11 is 0. The van der Waals surface area contributed by atoms with Crippen molar-refractivity contribution in [2.24, 2.45) is 0 Å². The summed E-state index contributed by atoms with van der Waals surface area (Å²) in [4.78, 5) is 19.7. The van der Waals surface area contributed by atoms with Crippen LogP contribution in [0.5, 0.6) is 5.75 Å². The van der Waals surface area contributed by atoms with Crippen molar-refractivity contribution < 1.29 is 9.53 Å². The molecule has 0 fully saturated rings. The van der Waals surface area contributed by atoms with Gasteiger partial charge in [0.15, 0.2) is 0 Å². The maximum atomic E-state index is 12.1. The number of hydrogen-bond acceptors (Lipinski definition) is 3. The third-order valence-electron chi connectivity index (χ3n) is 4.22. The highest BCUT2D eigenvalue weighted by atomic mass is 16.5. The summed E-state index contributed by atoms with van der Waals surface area (Å²) in [6, 6.07) is 24.7. The monoisotopic (exact) mass is 372 g/mol. The maximum absolute atomic E-state index is 12.1. The molecule has 0 saturated heterocycles. The molecule has 0 unspecified atom stereocenters. The number of anilines is 1. The Morgan fingerprint density at radius 2 is 1.68 bits per heavy atom. The van der Waals surface area contributed by atoms with E-state index in [9.17, 15) is 4.79 Å². The van der Waals surface area contributed by atoms with E-state index in [2.05, 4.69) is 20.6 Å². The first kappa shape index (κ1) is 17.6. The Balaban J connectivity index is 1.27. The zero-order valence-electron chi connectivity index (χ0n) is 15.2. The van der Waals surface area contributed by atoms with Crippen molar-refractivity contribution in [2.45, 2.75) is 13.2 Å². The molecule has 1 heterocycles. The second-order valence-electron chi connectivity index (χ2n) is 6.31. The molecule has 4 rings (SSSR count). The van der Waals surface area contributed by atoms with Crippen LogP contribution < -0.4 is 15.4 Å². The van der Waals surface area contributed by atoms with E-state index in [0.717, 1.165) is 22.3 Å². The highest BCUT2D eigenvalue weighted by Crippen LogP contribution is 2.17. The molecule has 4 aromatic rings. The number of imidazole rings is 1. The van der Waals surface area contributed by atoms with Crippen LogP contribution in [0.15, 0.2) is 78.9 Å². The number of aromatic nitrogens is 2. The number of carbonyl (C=O) groups is 1. The first-order chi connectivity index (χ1) is 13.8. The van der Waals surface area contributed by atoms with Gasteiger partial charge in [0.2, 0.25) is 0 Å². The molecule has 0 aliphatic heterocycles. The maximum Gasteiger partial charge on any atom is 0.319 e. The minimum Gasteiger partial charge on any atom is -0.489 e. The van der Waals surface area contributed by atoms with Crippen LogP contribution in [0.1, 0.15) is 11.4 Å². The van der Waals surface area contributed by atoms with Gasteiger partial charge in [0.1, 0.15) is 18.2 Å². The lowest BCUT2D eigenvalue weighted by Gasteiger charge is -2.09. The number of carbonyl (C=O) groups excluding carboxylic acids is 1. The van der Waals surface area contributed by atoms with Crippen LogP contribution in [-0.2, 0) is 13.2 Å². The fourth-order valence-corrected chi connectivity index (χ4v) is 2.80. The van der Waals surface area contributed by atoms with Gasteiger partial charge < -0.3 is 20.4 Å². The predicted octanol–water partition coefficient (Wildman–Crippen LogP) is 4.46. The largest absolute Gasteiger partial charge is 0.489 e. The van der Waals surface area contributed by atoms with Crippen LogP contribution in [0.4, 0.5) is 10.5 Å². The van der Waals surface area contributed by atoms with Crippen molar-refractivity contribution in [3.05, 3.63) is 90.3 Å². The summed E-state index contributed by atoms with van der Waals surface area (Å²) in [6.07, 6.45) is 0. The van der Waals surface area contributed by atoms with E-state index in [-0.39, 0.29) is 6.03 Å². The first-order valence-electron chi connectivity index (χ1n) is 9.01.